The van der Waals surface area contributed by atoms with Crippen LogP contribution in [0, 0.1) is 0 Å². The van der Waals surface area contributed by atoms with Gasteiger partial charge in [0.1, 0.15) is 0 Å². The molecule has 0 spiro atoms. The molecule has 0 heterocycles. The molecule has 0 aliphatic carbocycles. The summed E-state index contributed by atoms with van der Waals surface area (Å²) in [7, 11) is 0. The first-order valence-electron chi connectivity index (χ1n) is 19.5. The third kappa shape index (κ3) is 38.5. The van der Waals surface area contributed by atoms with Crippen molar-refractivity contribution in [3.63, 3.8) is 0 Å². The molecule has 0 amide bonds. The monoisotopic (exact) mass is 651 g/mol. The average molecular weight is 651 g/mol. The fourth-order valence-corrected chi connectivity index (χ4v) is 6.02. The lowest BCUT2D eigenvalue weighted by molar-refractivity contribution is -0.172. The third-order valence-corrected chi connectivity index (χ3v) is 9.00. The van der Waals surface area contributed by atoms with Crippen LogP contribution >= 0.6 is 0 Å². The highest BCUT2D eigenvalue weighted by Gasteiger charge is 2.21. The van der Waals surface area contributed by atoms with Gasteiger partial charge in [0.05, 0.1) is 0 Å². The van der Waals surface area contributed by atoms with Gasteiger partial charge in [-0.1, -0.05) is 133 Å². The van der Waals surface area contributed by atoms with Crippen LogP contribution in [0.3, 0.4) is 0 Å². The van der Waals surface area contributed by atoms with Gasteiger partial charge < -0.3 is 20.4 Å². The predicted octanol–water partition coefficient (Wildman–Crippen LogP) is 11.8. The van der Waals surface area contributed by atoms with E-state index < -0.39 is 17.7 Å². The molecule has 0 saturated heterocycles. The minimum atomic E-state index is -1.49. The average Bonchev–Trinajstić information content (AvgIpc) is 3.01. The Balaban J connectivity index is 3.35. The molecule has 0 aromatic heterocycles. The number of aliphatic carboxylic acids is 2. The third-order valence-electron chi connectivity index (χ3n) is 9.00. The van der Waals surface area contributed by atoms with Crippen molar-refractivity contribution in [2.24, 2.45) is 0 Å². The molecule has 0 fully saturated rings. The van der Waals surface area contributed by atoms with Gasteiger partial charge in [-0.25, -0.2) is 0 Å². The summed E-state index contributed by atoms with van der Waals surface area (Å²) in [6.45, 7) is 0. The van der Waals surface area contributed by atoms with Gasteiger partial charge in [0, 0.05) is 25.7 Å². The van der Waals surface area contributed by atoms with Crippen molar-refractivity contribution in [2.75, 3.05) is 0 Å². The number of carboxylic acids is 2. The maximum absolute atomic E-state index is 10.5. The number of allylic oxidation sites excluding steroid dienone is 4. The van der Waals surface area contributed by atoms with Gasteiger partial charge in [-0.3, -0.25) is 9.59 Å². The zero-order valence-electron chi connectivity index (χ0n) is 29.7. The lowest BCUT2D eigenvalue weighted by atomic mass is 9.99. The molecule has 0 aliphatic heterocycles. The maximum Gasteiger partial charge on any atom is 0.303 e. The number of carboxylic acid groups (broad SMARTS) is 2. The molecule has 0 unspecified atom stereocenters. The summed E-state index contributed by atoms with van der Waals surface area (Å²) in [5.74, 6) is -2.85. The molecular weight excluding hydrogens is 576 g/mol. The molecule has 0 aromatic carbocycles. The topological polar surface area (TPSA) is 115 Å². The molecule has 46 heavy (non-hydrogen) atoms. The number of hydrogen-bond acceptors (Lipinski definition) is 4. The Morgan fingerprint density at radius 1 is 0.348 bits per heavy atom. The Morgan fingerprint density at radius 2 is 0.565 bits per heavy atom. The van der Waals surface area contributed by atoms with Crippen molar-refractivity contribution in [3.8, 4) is 0 Å². The van der Waals surface area contributed by atoms with Crippen LogP contribution in [-0.4, -0.2) is 38.2 Å². The molecule has 270 valence electrons. The fraction of sp³-hybridized carbons (Fsp3) is 0.850. The predicted molar refractivity (Wildman–Crippen MR) is 193 cm³/mol. The standard InChI is InChI=1S/C40H74O6/c41-38(42)34-30-26-22-18-14-10-6-3-1-2-4-8-12-16-20-24-28-32-36-40(45,46)37-33-29-25-21-17-13-9-5-7-11-15-19-23-27-31-35-39(43)44/h3,5-7,45-46H,1-2,4,8-37H2,(H,41,42)(H,43,44). The first-order chi connectivity index (χ1) is 22.3. The van der Waals surface area contributed by atoms with Crippen LogP contribution < -0.4 is 0 Å². The number of carbonyl (C=O) groups is 2. The van der Waals surface area contributed by atoms with Crippen LogP contribution in [0.5, 0.6) is 0 Å². The highest BCUT2D eigenvalue weighted by atomic mass is 16.5. The Morgan fingerprint density at radius 3 is 0.826 bits per heavy atom. The molecular formula is C40H74O6. The quantitative estimate of drug-likeness (QED) is 0.0302. The molecule has 0 aromatic rings. The normalized spacial score (nSPS) is 12.1. The van der Waals surface area contributed by atoms with E-state index >= 15 is 0 Å². The zero-order valence-corrected chi connectivity index (χ0v) is 29.7. The molecule has 0 radical (unpaired) electrons. The van der Waals surface area contributed by atoms with Crippen LogP contribution in [0.25, 0.3) is 0 Å². The van der Waals surface area contributed by atoms with E-state index in [9.17, 15) is 19.8 Å². The number of hydrogen-bond donors (Lipinski definition) is 4. The summed E-state index contributed by atoms with van der Waals surface area (Å²) in [6, 6.07) is 0. The minimum Gasteiger partial charge on any atom is -0.481 e. The number of rotatable bonds is 37. The van der Waals surface area contributed by atoms with Crippen LogP contribution in [-0.2, 0) is 9.59 Å². The van der Waals surface area contributed by atoms with E-state index in [2.05, 4.69) is 24.3 Å². The van der Waals surface area contributed by atoms with Crippen molar-refractivity contribution in [2.45, 2.75) is 218 Å². The van der Waals surface area contributed by atoms with E-state index in [0.29, 0.717) is 25.7 Å². The summed E-state index contributed by atoms with van der Waals surface area (Å²) < 4.78 is 0. The summed E-state index contributed by atoms with van der Waals surface area (Å²) in [6.07, 6.45) is 44.1. The minimum absolute atomic E-state index is 0.302. The number of aliphatic hydroxyl groups is 2. The Bertz CT molecular complexity index is 729. The molecule has 0 saturated carbocycles. The van der Waals surface area contributed by atoms with Gasteiger partial charge in [0.25, 0.3) is 0 Å². The highest BCUT2D eigenvalue weighted by molar-refractivity contribution is 5.66. The Hall–Kier alpha value is -1.66. The number of unbranched alkanes of at least 4 members (excludes halogenated alkanes) is 25. The van der Waals surface area contributed by atoms with Crippen LogP contribution in [0.15, 0.2) is 24.3 Å². The highest BCUT2D eigenvalue weighted by Crippen LogP contribution is 2.21. The lowest BCUT2D eigenvalue weighted by Gasteiger charge is -2.21. The second-order valence-electron chi connectivity index (χ2n) is 13.7. The van der Waals surface area contributed by atoms with Gasteiger partial charge in [0.15, 0.2) is 5.79 Å². The fourth-order valence-electron chi connectivity index (χ4n) is 6.02. The first-order valence-corrected chi connectivity index (χ1v) is 19.5. The Kier molecular flexibility index (Phi) is 33.4. The van der Waals surface area contributed by atoms with E-state index in [1.165, 1.54) is 103 Å². The van der Waals surface area contributed by atoms with Gasteiger partial charge in [-0.2, -0.15) is 0 Å². The van der Waals surface area contributed by atoms with Gasteiger partial charge >= 0.3 is 11.9 Å². The van der Waals surface area contributed by atoms with E-state index in [-0.39, 0.29) is 0 Å². The van der Waals surface area contributed by atoms with Gasteiger partial charge in [-0.15, -0.1) is 0 Å². The van der Waals surface area contributed by atoms with Crippen molar-refractivity contribution < 1.29 is 30.0 Å². The molecule has 6 heteroatoms. The first kappa shape index (κ1) is 44.3. The molecule has 0 aliphatic rings. The summed E-state index contributed by atoms with van der Waals surface area (Å²) >= 11 is 0. The van der Waals surface area contributed by atoms with Gasteiger partial charge in [0.2, 0.25) is 0 Å². The van der Waals surface area contributed by atoms with Crippen LogP contribution in [0.1, 0.15) is 212 Å². The van der Waals surface area contributed by atoms with Gasteiger partial charge in [-0.05, 0) is 77.0 Å². The van der Waals surface area contributed by atoms with Crippen LogP contribution in [0.4, 0.5) is 0 Å². The van der Waals surface area contributed by atoms with E-state index in [4.69, 9.17) is 10.2 Å². The van der Waals surface area contributed by atoms with E-state index in [1.54, 1.807) is 0 Å². The summed E-state index contributed by atoms with van der Waals surface area (Å²) in [5.41, 5.74) is 0. The lowest BCUT2D eigenvalue weighted by Crippen LogP contribution is -2.27. The largest absolute Gasteiger partial charge is 0.481 e. The second kappa shape index (κ2) is 34.7. The zero-order chi connectivity index (χ0) is 33.8. The van der Waals surface area contributed by atoms with Crippen molar-refractivity contribution in [1.29, 1.82) is 0 Å². The van der Waals surface area contributed by atoms with E-state index in [1.807, 2.05) is 0 Å². The Labute approximate surface area is 283 Å². The van der Waals surface area contributed by atoms with E-state index in [0.717, 1.165) is 83.5 Å². The maximum atomic E-state index is 10.5. The molecule has 0 atom stereocenters. The summed E-state index contributed by atoms with van der Waals surface area (Å²) in [5, 5.41) is 37.9. The molecule has 6 nitrogen and oxygen atoms in total. The smallest absolute Gasteiger partial charge is 0.303 e. The molecule has 4 N–H and O–H groups in total. The van der Waals surface area contributed by atoms with Crippen molar-refractivity contribution in [1.82, 2.24) is 0 Å². The SMILES string of the molecule is O=C(O)CCCCCCCC=CCCCCCCCCCCCC(O)(O)CCCCCCCCC=CCCCCCCCC(=O)O. The van der Waals surface area contributed by atoms with Crippen molar-refractivity contribution in [3.05, 3.63) is 24.3 Å². The molecule has 0 rings (SSSR count). The summed E-state index contributed by atoms with van der Waals surface area (Å²) in [4.78, 5) is 21.0. The molecule has 0 bridgehead atoms. The van der Waals surface area contributed by atoms with Crippen molar-refractivity contribution >= 4 is 11.9 Å². The van der Waals surface area contributed by atoms with Crippen LogP contribution in [0.2, 0.25) is 0 Å². The second-order valence-corrected chi connectivity index (χ2v) is 13.7.